The Bertz CT molecular complexity index is 618. The molecule has 0 aliphatic heterocycles. The first-order valence-electron chi connectivity index (χ1n) is 7.75. The number of ether oxygens (including phenoxy) is 2. The van der Waals surface area contributed by atoms with Crippen LogP contribution in [0.4, 0.5) is 13.2 Å². The van der Waals surface area contributed by atoms with Crippen LogP contribution in [0.5, 0.6) is 11.5 Å². The molecule has 140 valence electrons. The van der Waals surface area contributed by atoms with E-state index in [0.29, 0.717) is 28.7 Å². The van der Waals surface area contributed by atoms with Crippen molar-refractivity contribution in [3.8, 4) is 11.5 Å². The highest BCUT2D eigenvalue weighted by molar-refractivity contribution is 6.32. The van der Waals surface area contributed by atoms with Crippen LogP contribution in [0.25, 0.3) is 6.08 Å². The molecule has 0 fully saturated rings. The summed E-state index contributed by atoms with van der Waals surface area (Å²) in [6, 6.07) is 3.22. The molecule has 25 heavy (non-hydrogen) atoms. The lowest BCUT2D eigenvalue weighted by atomic mass is 10.1. The van der Waals surface area contributed by atoms with E-state index in [-0.39, 0.29) is 13.1 Å². The summed E-state index contributed by atoms with van der Waals surface area (Å²) >= 11 is 6.12. The number of hydrogen-bond donors (Lipinski definition) is 0. The van der Waals surface area contributed by atoms with E-state index >= 15 is 0 Å². The number of halogens is 4. The second-order valence-electron chi connectivity index (χ2n) is 5.08. The standard InChI is InChI=1S/C17H21ClF3NO3/c1-4-22(9-8-17(19,20)21)15(23)7-6-12-10-13(18)16(24-3)14(11-12)25-5-2/h6-7,10-11H,4-5,8-9H2,1-3H3/b7-6+. The van der Waals surface area contributed by atoms with E-state index in [1.165, 1.54) is 19.3 Å². The van der Waals surface area contributed by atoms with Crippen LogP contribution < -0.4 is 9.47 Å². The monoisotopic (exact) mass is 379 g/mol. The van der Waals surface area contributed by atoms with Crippen molar-refractivity contribution < 1.29 is 27.4 Å². The Labute approximate surface area is 150 Å². The summed E-state index contributed by atoms with van der Waals surface area (Å²) in [7, 11) is 1.46. The van der Waals surface area contributed by atoms with Gasteiger partial charge < -0.3 is 14.4 Å². The van der Waals surface area contributed by atoms with Crippen molar-refractivity contribution in [1.29, 1.82) is 0 Å². The third-order valence-corrected chi connectivity index (χ3v) is 3.59. The third-order valence-electron chi connectivity index (χ3n) is 3.31. The maximum absolute atomic E-state index is 12.3. The molecule has 1 aromatic carbocycles. The number of methoxy groups -OCH3 is 1. The predicted molar refractivity (Wildman–Crippen MR) is 91.1 cm³/mol. The normalized spacial score (nSPS) is 11.6. The average molecular weight is 380 g/mol. The molecule has 1 rings (SSSR count). The zero-order valence-corrected chi connectivity index (χ0v) is 15.1. The molecule has 0 atom stereocenters. The number of rotatable bonds is 8. The molecule has 0 spiro atoms. The Morgan fingerprint density at radius 3 is 2.52 bits per heavy atom. The number of carbonyl (C=O) groups is 1. The van der Waals surface area contributed by atoms with E-state index in [2.05, 4.69) is 0 Å². The molecule has 0 aliphatic carbocycles. The molecule has 0 radical (unpaired) electrons. The van der Waals surface area contributed by atoms with Crippen LogP contribution in [0.1, 0.15) is 25.8 Å². The lowest BCUT2D eigenvalue weighted by Gasteiger charge is -2.20. The molecule has 0 N–H and O–H groups in total. The highest BCUT2D eigenvalue weighted by Gasteiger charge is 2.28. The highest BCUT2D eigenvalue weighted by Crippen LogP contribution is 2.36. The van der Waals surface area contributed by atoms with Crippen molar-refractivity contribution in [1.82, 2.24) is 4.90 Å². The SMILES string of the molecule is CCOc1cc(/C=C/C(=O)N(CC)CCC(F)(F)F)cc(Cl)c1OC. The van der Waals surface area contributed by atoms with Crippen molar-refractivity contribution in [2.45, 2.75) is 26.4 Å². The molecule has 0 saturated heterocycles. The first-order chi connectivity index (χ1) is 11.7. The number of amides is 1. The summed E-state index contributed by atoms with van der Waals surface area (Å²) in [5.41, 5.74) is 0.578. The topological polar surface area (TPSA) is 38.8 Å². The van der Waals surface area contributed by atoms with Crippen LogP contribution in [-0.2, 0) is 4.79 Å². The van der Waals surface area contributed by atoms with Crippen molar-refractivity contribution in [3.05, 3.63) is 28.8 Å². The lowest BCUT2D eigenvalue weighted by Crippen LogP contribution is -2.32. The highest BCUT2D eigenvalue weighted by atomic mass is 35.5. The van der Waals surface area contributed by atoms with Crippen molar-refractivity contribution in [2.75, 3.05) is 26.8 Å². The smallest absolute Gasteiger partial charge is 0.390 e. The summed E-state index contributed by atoms with van der Waals surface area (Å²) < 4.78 is 47.5. The largest absolute Gasteiger partial charge is 0.491 e. The minimum atomic E-state index is -4.30. The summed E-state index contributed by atoms with van der Waals surface area (Å²) in [5.74, 6) is 0.304. The third kappa shape index (κ3) is 6.86. The van der Waals surface area contributed by atoms with Gasteiger partial charge in [-0.2, -0.15) is 13.2 Å². The minimum absolute atomic E-state index is 0.187. The van der Waals surface area contributed by atoms with Gasteiger partial charge in [-0.05, 0) is 37.6 Å². The summed E-state index contributed by atoms with van der Waals surface area (Å²) in [6.07, 6.45) is -2.64. The second-order valence-corrected chi connectivity index (χ2v) is 5.49. The van der Waals surface area contributed by atoms with Crippen molar-refractivity contribution in [2.24, 2.45) is 0 Å². The number of nitrogens with zero attached hydrogens (tertiary/aromatic N) is 1. The van der Waals surface area contributed by atoms with Gasteiger partial charge in [-0.25, -0.2) is 0 Å². The van der Waals surface area contributed by atoms with Crippen LogP contribution in [0.3, 0.4) is 0 Å². The molecule has 0 bridgehead atoms. The molecule has 1 amide bonds. The van der Waals surface area contributed by atoms with E-state index in [0.717, 1.165) is 4.90 Å². The quantitative estimate of drug-likeness (QED) is 0.621. The Kier molecular flexibility index (Phi) is 8.09. The summed E-state index contributed by atoms with van der Waals surface area (Å²) in [4.78, 5) is 13.2. The van der Waals surface area contributed by atoms with Crippen LogP contribution in [0.2, 0.25) is 5.02 Å². The van der Waals surface area contributed by atoms with Crippen LogP contribution in [0.15, 0.2) is 18.2 Å². The number of alkyl halides is 3. The van der Waals surface area contributed by atoms with Gasteiger partial charge in [0, 0.05) is 19.2 Å². The van der Waals surface area contributed by atoms with Gasteiger partial charge in [0.1, 0.15) is 0 Å². The molecule has 0 saturated carbocycles. The molecule has 0 aliphatic rings. The second kappa shape index (κ2) is 9.56. The van der Waals surface area contributed by atoms with Crippen LogP contribution in [-0.4, -0.2) is 43.8 Å². The van der Waals surface area contributed by atoms with E-state index in [9.17, 15) is 18.0 Å². The fraction of sp³-hybridized carbons (Fsp3) is 0.471. The molecule has 0 unspecified atom stereocenters. The van der Waals surface area contributed by atoms with E-state index in [4.69, 9.17) is 21.1 Å². The Morgan fingerprint density at radius 1 is 1.32 bits per heavy atom. The number of carbonyl (C=O) groups excluding carboxylic acids is 1. The maximum atomic E-state index is 12.3. The van der Waals surface area contributed by atoms with Gasteiger partial charge >= 0.3 is 6.18 Å². The van der Waals surface area contributed by atoms with E-state index in [1.807, 2.05) is 0 Å². The molecular weight excluding hydrogens is 359 g/mol. The number of benzene rings is 1. The molecule has 1 aromatic rings. The summed E-state index contributed by atoms with van der Waals surface area (Å²) in [6.45, 7) is 3.64. The number of likely N-dealkylation sites (N-methyl/N-ethyl adjacent to an activating group) is 1. The van der Waals surface area contributed by atoms with Gasteiger partial charge in [-0.15, -0.1) is 0 Å². The van der Waals surface area contributed by atoms with Crippen LogP contribution >= 0.6 is 11.6 Å². The fourth-order valence-corrected chi connectivity index (χ4v) is 2.40. The van der Waals surface area contributed by atoms with Crippen molar-refractivity contribution >= 4 is 23.6 Å². The van der Waals surface area contributed by atoms with E-state index in [1.54, 1.807) is 26.0 Å². The van der Waals surface area contributed by atoms with E-state index < -0.39 is 18.5 Å². The molecule has 0 aromatic heterocycles. The lowest BCUT2D eigenvalue weighted by molar-refractivity contribution is -0.143. The van der Waals surface area contributed by atoms with Gasteiger partial charge in [0.15, 0.2) is 11.5 Å². The van der Waals surface area contributed by atoms with Crippen molar-refractivity contribution in [3.63, 3.8) is 0 Å². The minimum Gasteiger partial charge on any atom is -0.491 e. The van der Waals surface area contributed by atoms with Gasteiger partial charge in [0.2, 0.25) is 5.91 Å². The molecule has 4 nitrogen and oxygen atoms in total. The molecule has 8 heteroatoms. The predicted octanol–water partition coefficient (Wildman–Crippen LogP) is 4.56. The Balaban J connectivity index is 2.90. The molecule has 0 heterocycles. The zero-order chi connectivity index (χ0) is 19.0. The zero-order valence-electron chi connectivity index (χ0n) is 14.3. The van der Waals surface area contributed by atoms with Gasteiger partial charge in [0.05, 0.1) is 25.2 Å². The first kappa shape index (κ1) is 21.2. The fourth-order valence-electron chi connectivity index (χ4n) is 2.10. The Hall–Kier alpha value is -1.89. The average Bonchev–Trinajstić information content (AvgIpc) is 2.52. The van der Waals surface area contributed by atoms with Crippen LogP contribution in [0, 0.1) is 0 Å². The summed E-state index contributed by atoms with van der Waals surface area (Å²) in [5, 5.41) is 0.310. The number of hydrogen-bond acceptors (Lipinski definition) is 3. The van der Waals surface area contributed by atoms with Gasteiger partial charge in [-0.1, -0.05) is 11.6 Å². The maximum Gasteiger partial charge on any atom is 0.390 e. The van der Waals surface area contributed by atoms with Gasteiger partial charge in [-0.3, -0.25) is 4.79 Å². The Morgan fingerprint density at radius 2 is 2.00 bits per heavy atom. The first-order valence-corrected chi connectivity index (χ1v) is 8.13. The van der Waals surface area contributed by atoms with Gasteiger partial charge in [0.25, 0.3) is 0 Å². The molecular formula is C17H21ClF3NO3.